The van der Waals surface area contributed by atoms with Crippen molar-refractivity contribution in [2.75, 3.05) is 18.1 Å². The first-order valence-corrected chi connectivity index (χ1v) is 8.41. The average Bonchev–Trinajstić information content (AvgIpc) is 3.11. The largest absolute Gasteiger partial charge is 0.478 e. The standard InChI is InChI=1S/C14H14N4.C4H4O3.C2H6/c1-16-11-4-2-3-9(7-11)14-12-8-10(15)5-6-13(12)17-18-14;5-3-1-2-4(6)7;1-2/h2-8,16H,15H2,1H3,(H,17,18);1-3H,(H,6,7);1-2H3/b;2-1-;. The summed E-state index contributed by atoms with van der Waals surface area (Å²) in [6.07, 6.45) is 2.10. The average molecular weight is 368 g/mol. The predicted octanol–water partition coefficient (Wildman–Crippen LogP) is 3.71. The predicted molar refractivity (Wildman–Crippen MR) is 110 cm³/mol. The Morgan fingerprint density at radius 2 is 1.96 bits per heavy atom. The van der Waals surface area contributed by atoms with Gasteiger partial charge in [0.2, 0.25) is 0 Å². The number of nitrogens with one attached hydrogen (secondary N) is 2. The molecule has 7 nitrogen and oxygen atoms in total. The number of carboxylic acid groups (broad SMARTS) is 1. The lowest BCUT2D eigenvalue weighted by atomic mass is 10.1. The van der Waals surface area contributed by atoms with Crippen LogP contribution in [0.1, 0.15) is 13.8 Å². The summed E-state index contributed by atoms with van der Waals surface area (Å²) in [5, 5.41) is 19.4. The van der Waals surface area contributed by atoms with Gasteiger partial charge < -0.3 is 16.2 Å². The van der Waals surface area contributed by atoms with Gasteiger partial charge in [0.15, 0.2) is 0 Å². The van der Waals surface area contributed by atoms with E-state index in [1.807, 2.05) is 57.3 Å². The number of rotatable bonds is 4. The van der Waals surface area contributed by atoms with Gasteiger partial charge in [0.05, 0.1) is 5.52 Å². The Bertz CT molecular complexity index is 916. The molecule has 0 saturated carbocycles. The Hall–Kier alpha value is -3.61. The van der Waals surface area contributed by atoms with E-state index < -0.39 is 5.97 Å². The fourth-order valence-corrected chi connectivity index (χ4v) is 2.20. The summed E-state index contributed by atoms with van der Waals surface area (Å²) in [5.74, 6) is -1.10. The molecule has 0 spiro atoms. The Morgan fingerprint density at radius 1 is 1.22 bits per heavy atom. The number of aldehydes is 1. The highest BCUT2D eigenvalue weighted by molar-refractivity contribution is 5.95. The fraction of sp³-hybridized carbons (Fsp3) is 0.150. The number of aromatic nitrogens is 2. The van der Waals surface area contributed by atoms with Crippen LogP contribution in [0, 0.1) is 0 Å². The van der Waals surface area contributed by atoms with E-state index in [1.165, 1.54) is 0 Å². The van der Waals surface area contributed by atoms with Crippen molar-refractivity contribution in [1.82, 2.24) is 10.2 Å². The highest BCUT2D eigenvalue weighted by Crippen LogP contribution is 2.29. The lowest BCUT2D eigenvalue weighted by Gasteiger charge is -2.03. The van der Waals surface area contributed by atoms with Crippen molar-refractivity contribution < 1.29 is 14.7 Å². The van der Waals surface area contributed by atoms with E-state index in [0.29, 0.717) is 6.29 Å². The summed E-state index contributed by atoms with van der Waals surface area (Å²) in [6, 6.07) is 13.9. The van der Waals surface area contributed by atoms with E-state index >= 15 is 0 Å². The Labute approximate surface area is 157 Å². The third kappa shape index (κ3) is 6.32. The van der Waals surface area contributed by atoms with Crippen LogP contribution in [0.3, 0.4) is 0 Å². The van der Waals surface area contributed by atoms with Crippen LogP contribution in [-0.4, -0.2) is 34.6 Å². The van der Waals surface area contributed by atoms with Crippen LogP contribution < -0.4 is 11.1 Å². The molecule has 7 heteroatoms. The van der Waals surface area contributed by atoms with Crippen LogP contribution in [0.25, 0.3) is 22.2 Å². The molecule has 0 saturated heterocycles. The molecule has 27 heavy (non-hydrogen) atoms. The minimum absolute atomic E-state index is 0.411. The van der Waals surface area contributed by atoms with E-state index in [4.69, 9.17) is 10.8 Å². The van der Waals surface area contributed by atoms with Crippen LogP contribution in [0.2, 0.25) is 0 Å². The number of aliphatic carboxylic acids is 1. The Kier molecular flexibility index (Phi) is 8.80. The van der Waals surface area contributed by atoms with E-state index in [0.717, 1.165) is 45.7 Å². The monoisotopic (exact) mass is 368 g/mol. The lowest BCUT2D eigenvalue weighted by Crippen LogP contribution is -1.88. The quantitative estimate of drug-likeness (QED) is 0.316. The zero-order chi connectivity index (χ0) is 20.2. The number of hydrogen-bond donors (Lipinski definition) is 4. The lowest BCUT2D eigenvalue weighted by molar-refractivity contribution is -0.131. The van der Waals surface area contributed by atoms with Gasteiger partial charge in [-0.15, -0.1) is 0 Å². The molecule has 0 aliphatic heterocycles. The van der Waals surface area contributed by atoms with Crippen molar-refractivity contribution >= 4 is 34.5 Å². The minimum atomic E-state index is -1.10. The number of carbonyl (C=O) groups is 2. The van der Waals surface area contributed by atoms with Crippen LogP contribution in [0.15, 0.2) is 54.6 Å². The summed E-state index contributed by atoms with van der Waals surface area (Å²) >= 11 is 0. The van der Waals surface area contributed by atoms with Crippen molar-refractivity contribution in [1.29, 1.82) is 0 Å². The number of benzene rings is 2. The number of anilines is 2. The van der Waals surface area contributed by atoms with E-state index in [2.05, 4.69) is 21.6 Å². The normalized spacial score (nSPS) is 9.74. The number of aromatic amines is 1. The number of carbonyl (C=O) groups excluding carboxylic acids is 1. The summed E-state index contributed by atoms with van der Waals surface area (Å²) in [7, 11) is 1.90. The van der Waals surface area contributed by atoms with Gasteiger partial charge in [-0.1, -0.05) is 26.0 Å². The zero-order valence-electron chi connectivity index (χ0n) is 15.6. The molecule has 2 aromatic carbocycles. The molecule has 3 rings (SSSR count). The topological polar surface area (TPSA) is 121 Å². The Balaban J connectivity index is 0.000000346. The first kappa shape index (κ1) is 21.4. The number of nitrogens with two attached hydrogens (primary N) is 1. The van der Waals surface area contributed by atoms with E-state index in [1.54, 1.807) is 0 Å². The number of H-pyrrole nitrogens is 1. The number of nitrogens with zero attached hydrogens (tertiary/aromatic N) is 1. The molecular formula is C20H24N4O3. The first-order chi connectivity index (χ1) is 13.0. The van der Waals surface area contributed by atoms with Gasteiger partial charge in [-0.2, -0.15) is 5.10 Å². The minimum Gasteiger partial charge on any atom is -0.478 e. The molecule has 1 aromatic heterocycles. The first-order valence-electron chi connectivity index (χ1n) is 8.41. The summed E-state index contributed by atoms with van der Waals surface area (Å²) in [5.41, 5.74) is 10.6. The zero-order valence-corrected chi connectivity index (χ0v) is 15.6. The van der Waals surface area contributed by atoms with Gasteiger partial charge in [-0.05, 0) is 36.4 Å². The van der Waals surface area contributed by atoms with Crippen LogP contribution in [0.5, 0.6) is 0 Å². The molecule has 0 aliphatic rings. The summed E-state index contributed by atoms with van der Waals surface area (Å²) in [6.45, 7) is 4.00. The molecule has 0 aliphatic carbocycles. The molecule has 0 bridgehead atoms. The van der Waals surface area contributed by atoms with Gasteiger partial charge in [0, 0.05) is 35.4 Å². The smallest absolute Gasteiger partial charge is 0.328 e. The van der Waals surface area contributed by atoms with Crippen molar-refractivity contribution in [2.45, 2.75) is 13.8 Å². The van der Waals surface area contributed by atoms with E-state index in [9.17, 15) is 9.59 Å². The van der Waals surface area contributed by atoms with Crippen molar-refractivity contribution in [3.8, 4) is 11.3 Å². The maximum Gasteiger partial charge on any atom is 0.328 e. The second-order valence-corrected chi connectivity index (χ2v) is 5.04. The summed E-state index contributed by atoms with van der Waals surface area (Å²) in [4.78, 5) is 18.9. The molecule has 0 fully saturated rings. The van der Waals surface area contributed by atoms with Gasteiger partial charge in [-0.25, -0.2) is 4.79 Å². The van der Waals surface area contributed by atoms with Crippen molar-refractivity contribution in [3.63, 3.8) is 0 Å². The van der Waals surface area contributed by atoms with Gasteiger partial charge in [0.1, 0.15) is 12.0 Å². The number of hydrogen-bond acceptors (Lipinski definition) is 5. The fourth-order valence-electron chi connectivity index (χ4n) is 2.20. The number of fused-ring (bicyclic) bond motifs is 1. The number of allylic oxidation sites excluding steroid dienone is 1. The SMILES string of the molecule is CC.CNc1cccc(-c2n[nH]c3ccc(N)cc23)c1.O=C/C=C\C(=O)O. The third-order valence-corrected chi connectivity index (χ3v) is 3.33. The maximum atomic E-state index is 9.51. The van der Waals surface area contributed by atoms with Crippen molar-refractivity contribution in [3.05, 3.63) is 54.6 Å². The van der Waals surface area contributed by atoms with Crippen LogP contribution in [0.4, 0.5) is 11.4 Å². The molecule has 3 aromatic rings. The summed E-state index contributed by atoms with van der Waals surface area (Å²) < 4.78 is 0. The second-order valence-electron chi connectivity index (χ2n) is 5.04. The number of carboxylic acids is 1. The molecule has 5 N–H and O–H groups in total. The molecule has 0 amide bonds. The highest BCUT2D eigenvalue weighted by Gasteiger charge is 2.08. The molecule has 0 unspecified atom stereocenters. The Morgan fingerprint density at radius 3 is 2.56 bits per heavy atom. The highest BCUT2D eigenvalue weighted by atomic mass is 16.4. The van der Waals surface area contributed by atoms with Gasteiger partial charge >= 0.3 is 5.97 Å². The second kappa shape index (κ2) is 11.1. The van der Waals surface area contributed by atoms with Crippen LogP contribution in [-0.2, 0) is 9.59 Å². The van der Waals surface area contributed by atoms with Crippen LogP contribution >= 0.6 is 0 Å². The van der Waals surface area contributed by atoms with Gasteiger partial charge in [-0.3, -0.25) is 9.89 Å². The molecule has 0 atom stereocenters. The van der Waals surface area contributed by atoms with E-state index in [-0.39, 0.29) is 0 Å². The van der Waals surface area contributed by atoms with Gasteiger partial charge in [0.25, 0.3) is 0 Å². The molecular weight excluding hydrogens is 344 g/mol. The third-order valence-electron chi connectivity index (χ3n) is 3.33. The maximum absolute atomic E-state index is 9.51. The molecule has 142 valence electrons. The molecule has 1 heterocycles. The van der Waals surface area contributed by atoms with Crippen molar-refractivity contribution in [2.24, 2.45) is 0 Å². The molecule has 0 radical (unpaired) electrons. The number of nitrogen functional groups attached to an aromatic ring is 1.